The summed E-state index contributed by atoms with van der Waals surface area (Å²) >= 11 is 0. The highest BCUT2D eigenvalue weighted by molar-refractivity contribution is 5.97. The zero-order chi connectivity index (χ0) is 26.0. The van der Waals surface area contributed by atoms with E-state index in [4.69, 9.17) is 15.2 Å². The molecule has 0 heterocycles. The molecule has 6 nitrogen and oxygen atoms in total. The lowest BCUT2D eigenvalue weighted by Crippen LogP contribution is -2.46. The first-order valence-corrected chi connectivity index (χ1v) is 11.8. The first-order valence-electron chi connectivity index (χ1n) is 11.8. The van der Waals surface area contributed by atoms with Crippen molar-refractivity contribution < 1.29 is 23.5 Å². The van der Waals surface area contributed by atoms with Gasteiger partial charge in [-0.2, -0.15) is 0 Å². The molecule has 0 saturated carbocycles. The molecule has 3 N–H and O–H groups in total. The van der Waals surface area contributed by atoms with Gasteiger partial charge in [0.15, 0.2) is 11.5 Å². The monoisotopic (exact) mass is 498 g/mol. The van der Waals surface area contributed by atoms with Crippen LogP contribution in [0.2, 0.25) is 0 Å². The number of nitrogens with one attached hydrogen (secondary N) is 1. The normalized spacial score (nSPS) is 11.4. The van der Waals surface area contributed by atoms with Gasteiger partial charge in [0.1, 0.15) is 25.1 Å². The Kier molecular flexibility index (Phi) is 8.49. The Morgan fingerprint density at radius 2 is 1.30 bits per heavy atom. The van der Waals surface area contributed by atoms with Crippen LogP contribution in [0.1, 0.15) is 27.0 Å². The molecule has 1 atom stereocenters. The second-order valence-electron chi connectivity index (χ2n) is 8.44. The molecule has 0 spiro atoms. The standard InChI is InChI=1S/C30H27FN2O4/c31-25-14-8-7-13-24(25)30(35)33-26(29(32)34)17-23-15-16-27(36-19-21-9-3-1-4-10-21)28(18-23)37-20-22-11-5-2-6-12-22/h1-16,18,26H,17,19-20H2,(H2,32,34)(H,33,35)/t26-/m1/s1. The third kappa shape index (κ3) is 7.18. The molecular weight excluding hydrogens is 471 g/mol. The third-order valence-electron chi connectivity index (χ3n) is 5.69. The van der Waals surface area contributed by atoms with Gasteiger partial charge in [0.25, 0.3) is 5.91 Å². The minimum absolute atomic E-state index is 0.0934. The van der Waals surface area contributed by atoms with E-state index in [2.05, 4.69) is 5.32 Å². The molecule has 37 heavy (non-hydrogen) atoms. The van der Waals surface area contributed by atoms with E-state index in [9.17, 15) is 14.0 Å². The molecular formula is C30H27FN2O4. The van der Waals surface area contributed by atoms with E-state index in [1.165, 1.54) is 18.2 Å². The Morgan fingerprint density at radius 3 is 1.89 bits per heavy atom. The molecule has 188 valence electrons. The van der Waals surface area contributed by atoms with Gasteiger partial charge in [0.2, 0.25) is 5.91 Å². The van der Waals surface area contributed by atoms with Crippen LogP contribution in [0.25, 0.3) is 0 Å². The summed E-state index contributed by atoms with van der Waals surface area (Å²) in [5.41, 5.74) is 8.07. The number of benzene rings is 4. The molecule has 0 aliphatic heterocycles. The van der Waals surface area contributed by atoms with E-state index >= 15 is 0 Å². The van der Waals surface area contributed by atoms with Crippen molar-refractivity contribution in [1.82, 2.24) is 5.32 Å². The molecule has 4 aromatic rings. The second-order valence-corrected chi connectivity index (χ2v) is 8.44. The van der Waals surface area contributed by atoms with E-state index in [1.54, 1.807) is 24.3 Å². The van der Waals surface area contributed by atoms with Gasteiger partial charge in [-0.3, -0.25) is 9.59 Å². The molecule has 4 aromatic carbocycles. The van der Waals surface area contributed by atoms with Crippen LogP contribution in [-0.4, -0.2) is 17.9 Å². The van der Waals surface area contributed by atoms with E-state index in [1.807, 2.05) is 60.7 Å². The highest BCUT2D eigenvalue weighted by atomic mass is 19.1. The molecule has 0 radical (unpaired) electrons. The highest BCUT2D eigenvalue weighted by Crippen LogP contribution is 2.30. The molecule has 0 aliphatic carbocycles. The van der Waals surface area contributed by atoms with Crippen LogP contribution in [0, 0.1) is 5.82 Å². The summed E-state index contributed by atoms with van der Waals surface area (Å²) < 4.78 is 26.1. The van der Waals surface area contributed by atoms with Crippen molar-refractivity contribution in [2.75, 3.05) is 0 Å². The number of carbonyl (C=O) groups excluding carboxylic acids is 2. The third-order valence-corrected chi connectivity index (χ3v) is 5.69. The lowest BCUT2D eigenvalue weighted by molar-refractivity contribution is -0.119. The summed E-state index contributed by atoms with van der Waals surface area (Å²) in [7, 11) is 0. The van der Waals surface area contributed by atoms with Crippen molar-refractivity contribution in [2.45, 2.75) is 25.7 Å². The Bertz CT molecular complexity index is 1350. The number of primary amides is 1. The lowest BCUT2D eigenvalue weighted by Gasteiger charge is -2.18. The van der Waals surface area contributed by atoms with Crippen LogP contribution in [0.5, 0.6) is 11.5 Å². The average Bonchev–Trinajstić information content (AvgIpc) is 2.92. The van der Waals surface area contributed by atoms with Crippen LogP contribution in [0.4, 0.5) is 4.39 Å². The molecule has 4 rings (SSSR count). The Morgan fingerprint density at radius 1 is 0.730 bits per heavy atom. The maximum absolute atomic E-state index is 14.0. The first-order chi connectivity index (χ1) is 18.0. The van der Waals surface area contributed by atoms with Gasteiger partial charge in [-0.25, -0.2) is 4.39 Å². The number of rotatable bonds is 11. The number of carbonyl (C=O) groups is 2. The van der Waals surface area contributed by atoms with Crippen LogP contribution in [0.15, 0.2) is 103 Å². The van der Waals surface area contributed by atoms with Gasteiger partial charge in [-0.15, -0.1) is 0 Å². The number of halogens is 1. The van der Waals surface area contributed by atoms with Crippen molar-refractivity contribution in [3.63, 3.8) is 0 Å². The Balaban J connectivity index is 1.52. The largest absolute Gasteiger partial charge is 0.485 e. The second kappa shape index (κ2) is 12.4. The van der Waals surface area contributed by atoms with Gasteiger partial charge < -0.3 is 20.5 Å². The fourth-order valence-electron chi connectivity index (χ4n) is 3.72. The highest BCUT2D eigenvalue weighted by Gasteiger charge is 2.22. The number of hydrogen-bond acceptors (Lipinski definition) is 4. The maximum Gasteiger partial charge on any atom is 0.254 e. The zero-order valence-electron chi connectivity index (χ0n) is 20.1. The fourth-order valence-corrected chi connectivity index (χ4v) is 3.72. The SMILES string of the molecule is NC(=O)[C@@H](Cc1ccc(OCc2ccccc2)c(OCc2ccccc2)c1)NC(=O)c1ccccc1F. The molecule has 0 aliphatic rings. The summed E-state index contributed by atoms with van der Waals surface area (Å²) in [4.78, 5) is 24.7. The molecule has 0 bridgehead atoms. The predicted molar refractivity (Wildman–Crippen MR) is 139 cm³/mol. The predicted octanol–water partition coefficient (Wildman–Crippen LogP) is 4.81. The number of nitrogens with two attached hydrogens (primary N) is 1. The fraction of sp³-hybridized carbons (Fsp3) is 0.133. The zero-order valence-corrected chi connectivity index (χ0v) is 20.1. The van der Waals surface area contributed by atoms with Gasteiger partial charge >= 0.3 is 0 Å². The number of amides is 2. The minimum Gasteiger partial charge on any atom is -0.485 e. The van der Waals surface area contributed by atoms with Crippen LogP contribution < -0.4 is 20.5 Å². The number of ether oxygens (including phenoxy) is 2. The molecule has 0 aromatic heterocycles. The van der Waals surface area contributed by atoms with Crippen molar-refractivity contribution in [3.05, 3.63) is 131 Å². The van der Waals surface area contributed by atoms with Crippen molar-refractivity contribution in [2.24, 2.45) is 5.73 Å². The molecule has 0 saturated heterocycles. The van der Waals surface area contributed by atoms with E-state index in [-0.39, 0.29) is 12.0 Å². The summed E-state index contributed by atoms with van der Waals surface area (Å²) in [5.74, 6) is -1.11. The van der Waals surface area contributed by atoms with Crippen LogP contribution in [-0.2, 0) is 24.4 Å². The van der Waals surface area contributed by atoms with Crippen LogP contribution >= 0.6 is 0 Å². The molecule has 2 amide bonds. The Labute approximate surface area is 214 Å². The van der Waals surface area contributed by atoms with E-state index in [0.29, 0.717) is 30.3 Å². The summed E-state index contributed by atoms with van der Waals surface area (Å²) in [6, 6.07) is 29.2. The topological polar surface area (TPSA) is 90.7 Å². The lowest BCUT2D eigenvalue weighted by atomic mass is 10.0. The van der Waals surface area contributed by atoms with Gasteiger partial charge in [-0.05, 0) is 41.0 Å². The maximum atomic E-state index is 14.0. The molecule has 0 unspecified atom stereocenters. The van der Waals surface area contributed by atoms with E-state index in [0.717, 1.165) is 11.1 Å². The average molecular weight is 499 g/mol. The molecule has 0 fully saturated rings. The van der Waals surface area contributed by atoms with Crippen molar-refractivity contribution in [1.29, 1.82) is 0 Å². The summed E-state index contributed by atoms with van der Waals surface area (Å²) in [6.45, 7) is 0.666. The van der Waals surface area contributed by atoms with Crippen LogP contribution in [0.3, 0.4) is 0 Å². The number of hydrogen-bond donors (Lipinski definition) is 2. The first kappa shape index (κ1) is 25.4. The quantitative estimate of drug-likeness (QED) is 0.311. The van der Waals surface area contributed by atoms with Crippen molar-refractivity contribution >= 4 is 11.8 Å². The summed E-state index contributed by atoms with van der Waals surface area (Å²) in [6.07, 6.45) is 0.0934. The van der Waals surface area contributed by atoms with Crippen molar-refractivity contribution in [3.8, 4) is 11.5 Å². The van der Waals surface area contributed by atoms with Gasteiger partial charge in [-0.1, -0.05) is 78.9 Å². The van der Waals surface area contributed by atoms with Gasteiger partial charge in [0, 0.05) is 6.42 Å². The molecule has 7 heteroatoms. The summed E-state index contributed by atoms with van der Waals surface area (Å²) in [5, 5.41) is 2.54. The Hall–Kier alpha value is -4.65. The minimum atomic E-state index is -1.05. The van der Waals surface area contributed by atoms with E-state index < -0.39 is 23.7 Å². The van der Waals surface area contributed by atoms with Gasteiger partial charge in [0.05, 0.1) is 5.56 Å². The smallest absolute Gasteiger partial charge is 0.254 e.